The average Bonchev–Trinajstić information content (AvgIpc) is 2.82. The van der Waals surface area contributed by atoms with Gasteiger partial charge in [-0.1, -0.05) is 29.1 Å². The van der Waals surface area contributed by atoms with Crippen molar-refractivity contribution in [2.75, 3.05) is 0 Å². The molecule has 1 aromatic heterocycles. The van der Waals surface area contributed by atoms with Crippen LogP contribution in [0.2, 0.25) is 0 Å². The quantitative estimate of drug-likeness (QED) is 0.295. The molecule has 0 unspecified atom stereocenters. The molecule has 0 radical (unpaired) electrons. The van der Waals surface area contributed by atoms with E-state index in [-0.39, 0.29) is 5.84 Å². The first-order chi connectivity index (χ1) is 9.11. The Hall–Kier alpha value is -1.95. The minimum atomic E-state index is 0.131. The highest BCUT2D eigenvalue weighted by atomic mass is 32.2. The molecule has 0 saturated heterocycles. The summed E-state index contributed by atoms with van der Waals surface area (Å²) in [6.07, 6.45) is 3.72. The van der Waals surface area contributed by atoms with Crippen molar-refractivity contribution in [3.8, 4) is 0 Å². The summed E-state index contributed by atoms with van der Waals surface area (Å²) < 4.78 is 1.99. The summed E-state index contributed by atoms with van der Waals surface area (Å²) in [6.45, 7) is 2.02. The van der Waals surface area contributed by atoms with E-state index < -0.39 is 0 Å². The lowest BCUT2D eigenvalue weighted by atomic mass is 10.1. The van der Waals surface area contributed by atoms with Crippen LogP contribution in [0.5, 0.6) is 0 Å². The third-order valence-electron chi connectivity index (χ3n) is 2.88. The van der Waals surface area contributed by atoms with Crippen molar-refractivity contribution in [2.45, 2.75) is 17.8 Å². The van der Waals surface area contributed by atoms with Crippen LogP contribution in [-0.2, 0) is 12.8 Å². The molecular weight excluding hydrogens is 260 g/mol. The van der Waals surface area contributed by atoms with Crippen LogP contribution in [0.15, 0.2) is 40.9 Å². The Labute approximate surface area is 116 Å². The number of imidazole rings is 1. The number of hydrogen-bond donors (Lipinski definition) is 2. The molecule has 0 bridgehead atoms. The molecule has 0 aliphatic carbocycles. The van der Waals surface area contributed by atoms with Gasteiger partial charge in [-0.25, -0.2) is 4.98 Å². The summed E-state index contributed by atoms with van der Waals surface area (Å²) in [6, 6.07) is 5.78. The van der Waals surface area contributed by atoms with E-state index in [4.69, 9.17) is 10.9 Å². The molecule has 19 heavy (non-hydrogen) atoms. The van der Waals surface area contributed by atoms with Gasteiger partial charge in [0.15, 0.2) is 11.0 Å². The second-order valence-electron chi connectivity index (χ2n) is 4.24. The summed E-state index contributed by atoms with van der Waals surface area (Å²) >= 11 is 1.68. The van der Waals surface area contributed by atoms with E-state index in [9.17, 15) is 0 Å². The van der Waals surface area contributed by atoms with Crippen molar-refractivity contribution in [1.29, 1.82) is 0 Å². The molecule has 1 aromatic carbocycles. The van der Waals surface area contributed by atoms with Crippen LogP contribution >= 0.6 is 11.8 Å². The van der Waals surface area contributed by atoms with Crippen LogP contribution in [-0.4, -0.2) is 20.6 Å². The fourth-order valence-electron chi connectivity index (χ4n) is 1.71. The fraction of sp³-hybridized carbons (Fsp3) is 0.231. The Bertz CT molecular complexity index is 606. The van der Waals surface area contributed by atoms with Gasteiger partial charge >= 0.3 is 0 Å². The largest absolute Gasteiger partial charge is 0.409 e. The Balaban J connectivity index is 2.12. The van der Waals surface area contributed by atoms with E-state index in [1.54, 1.807) is 18.0 Å². The number of aromatic nitrogens is 2. The van der Waals surface area contributed by atoms with Gasteiger partial charge in [-0.2, -0.15) is 0 Å². The number of amidine groups is 1. The van der Waals surface area contributed by atoms with E-state index in [1.807, 2.05) is 42.9 Å². The number of aryl methyl sites for hydroxylation is 2. The second kappa shape index (κ2) is 5.79. The normalized spacial score (nSPS) is 11.8. The molecule has 1 heterocycles. The summed E-state index contributed by atoms with van der Waals surface area (Å²) in [5.74, 6) is 0.971. The lowest BCUT2D eigenvalue weighted by molar-refractivity contribution is 0.318. The molecule has 2 aromatic rings. The van der Waals surface area contributed by atoms with Gasteiger partial charge in [0, 0.05) is 30.8 Å². The minimum absolute atomic E-state index is 0.131. The van der Waals surface area contributed by atoms with Gasteiger partial charge in [0.2, 0.25) is 0 Å². The predicted octanol–water partition coefficient (Wildman–Crippen LogP) is 2.12. The van der Waals surface area contributed by atoms with Gasteiger partial charge in [0.25, 0.3) is 0 Å². The van der Waals surface area contributed by atoms with E-state index in [2.05, 4.69) is 10.1 Å². The first-order valence-corrected chi connectivity index (χ1v) is 6.78. The van der Waals surface area contributed by atoms with Crippen molar-refractivity contribution < 1.29 is 5.21 Å². The lowest BCUT2D eigenvalue weighted by Crippen LogP contribution is -2.13. The maximum Gasteiger partial charge on any atom is 0.170 e. The first kappa shape index (κ1) is 13.5. The number of oxime groups is 1. The molecule has 6 heteroatoms. The van der Waals surface area contributed by atoms with Crippen LogP contribution in [0.3, 0.4) is 0 Å². The molecule has 0 amide bonds. The SMILES string of the molecule is Cc1cc(/C(N)=N/O)ccc1CSc1nccn1C. The van der Waals surface area contributed by atoms with Gasteiger partial charge in [-0.05, 0) is 24.1 Å². The Morgan fingerprint density at radius 1 is 1.53 bits per heavy atom. The zero-order chi connectivity index (χ0) is 13.8. The Morgan fingerprint density at radius 2 is 2.32 bits per heavy atom. The van der Waals surface area contributed by atoms with Crippen LogP contribution in [0.4, 0.5) is 0 Å². The topological polar surface area (TPSA) is 76.4 Å². The molecule has 100 valence electrons. The molecule has 0 atom stereocenters. The van der Waals surface area contributed by atoms with Crippen LogP contribution < -0.4 is 5.73 Å². The molecule has 0 saturated carbocycles. The third-order valence-corrected chi connectivity index (χ3v) is 3.99. The highest BCUT2D eigenvalue weighted by molar-refractivity contribution is 7.98. The van der Waals surface area contributed by atoms with E-state index >= 15 is 0 Å². The highest BCUT2D eigenvalue weighted by Gasteiger charge is 2.06. The van der Waals surface area contributed by atoms with E-state index in [0.29, 0.717) is 0 Å². The predicted molar refractivity (Wildman–Crippen MR) is 76.5 cm³/mol. The average molecular weight is 276 g/mol. The van der Waals surface area contributed by atoms with Gasteiger partial charge in [-0.3, -0.25) is 0 Å². The van der Waals surface area contributed by atoms with E-state index in [1.165, 1.54) is 5.56 Å². The van der Waals surface area contributed by atoms with Crippen LogP contribution in [0.25, 0.3) is 0 Å². The molecule has 2 rings (SSSR count). The summed E-state index contributed by atoms with van der Waals surface area (Å²) in [5.41, 5.74) is 8.62. The molecule has 0 aliphatic rings. The third kappa shape index (κ3) is 3.08. The van der Waals surface area contributed by atoms with Gasteiger partial charge in [-0.15, -0.1) is 0 Å². The number of rotatable bonds is 4. The Morgan fingerprint density at radius 3 is 2.89 bits per heavy atom. The van der Waals surface area contributed by atoms with Crippen molar-refractivity contribution in [1.82, 2.24) is 9.55 Å². The zero-order valence-corrected chi connectivity index (χ0v) is 11.7. The standard InChI is InChI=1S/C13H16N4OS/c1-9-7-10(12(14)16-18)3-4-11(9)8-19-13-15-5-6-17(13)2/h3-7,18H,8H2,1-2H3,(H2,14,16). The Kier molecular flexibility index (Phi) is 4.11. The van der Waals surface area contributed by atoms with Crippen molar-refractivity contribution in [3.63, 3.8) is 0 Å². The number of nitrogens with zero attached hydrogens (tertiary/aromatic N) is 3. The second-order valence-corrected chi connectivity index (χ2v) is 5.18. The van der Waals surface area contributed by atoms with Gasteiger partial charge < -0.3 is 15.5 Å². The molecule has 0 spiro atoms. The minimum Gasteiger partial charge on any atom is -0.409 e. The van der Waals surface area contributed by atoms with Crippen molar-refractivity contribution in [2.24, 2.45) is 17.9 Å². The summed E-state index contributed by atoms with van der Waals surface area (Å²) in [7, 11) is 1.98. The van der Waals surface area contributed by atoms with E-state index in [0.717, 1.165) is 22.0 Å². The smallest absolute Gasteiger partial charge is 0.170 e. The maximum atomic E-state index is 8.66. The summed E-state index contributed by atoms with van der Waals surface area (Å²) in [4.78, 5) is 4.27. The van der Waals surface area contributed by atoms with Crippen LogP contribution in [0.1, 0.15) is 16.7 Å². The monoisotopic (exact) mass is 276 g/mol. The van der Waals surface area contributed by atoms with Crippen molar-refractivity contribution >= 4 is 17.6 Å². The van der Waals surface area contributed by atoms with Gasteiger partial charge in [0.1, 0.15) is 0 Å². The first-order valence-electron chi connectivity index (χ1n) is 5.79. The number of thioether (sulfide) groups is 1. The number of hydrogen-bond acceptors (Lipinski definition) is 4. The fourth-order valence-corrected chi connectivity index (χ4v) is 2.72. The zero-order valence-electron chi connectivity index (χ0n) is 10.9. The van der Waals surface area contributed by atoms with Crippen molar-refractivity contribution in [3.05, 3.63) is 47.3 Å². The number of nitrogens with two attached hydrogens (primary N) is 1. The molecule has 0 aliphatic heterocycles. The molecule has 0 fully saturated rings. The summed E-state index contributed by atoms with van der Waals surface area (Å²) in [5, 5.41) is 12.6. The molecule has 3 N–H and O–H groups in total. The number of benzene rings is 1. The highest BCUT2D eigenvalue weighted by Crippen LogP contribution is 2.23. The van der Waals surface area contributed by atoms with Gasteiger partial charge in [0.05, 0.1) is 0 Å². The molecular formula is C13H16N4OS. The van der Waals surface area contributed by atoms with Crippen LogP contribution in [0, 0.1) is 6.92 Å². The lowest BCUT2D eigenvalue weighted by Gasteiger charge is -2.07. The maximum absolute atomic E-state index is 8.66. The molecule has 5 nitrogen and oxygen atoms in total.